The van der Waals surface area contributed by atoms with Crippen LogP contribution >= 0.6 is 0 Å². The van der Waals surface area contributed by atoms with Gasteiger partial charge in [0, 0.05) is 39.2 Å². The first-order valence-electron chi connectivity index (χ1n) is 9.90. The van der Waals surface area contributed by atoms with Crippen LogP contribution in [0.15, 0.2) is 29.3 Å². The number of carbonyl (C=O) groups excluding carboxylic acids is 1. The maximum atomic E-state index is 12.1. The number of guanidine groups is 1. The van der Waals surface area contributed by atoms with Crippen molar-refractivity contribution in [2.24, 2.45) is 10.4 Å². The molecule has 2 heterocycles. The minimum Gasteiger partial charge on any atom is -0.493 e. The molecule has 2 aliphatic heterocycles. The molecule has 3 rings (SSSR count). The Morgan fingerprint density at radius 3 is 2.89 bits per heavy atom. The molecular formula is C21H32N4O2. The summed E-state index contributed by atoms with van der Waals surface area (Å²) in [6.07, 6.45) is 3.18. The lowest BCUT2D eigenvalue weighted by atomic mass is 9.87. The number of hydrogen-bond donors (Lipinski definition) is 1. The maximum absolute atomic E-state index is 12.1. The molecule has 0 radical (unpaired) electrons. The van der Waals surface area contributed by atoms with Crippen molar-refractivity contribution >= 4 is 11.9 Å². The molecular weight excluding hydrogens is 340 g/mol. The van der Waals surface area contributed by atoms with Crippen LogP contribution in [0, 0.1) is 5.41 Å². The summed E-state index contributed by atoms with van der Waals surface area (Å²) in [4.78, 5) is 20.7. The van der Waals surface area contributed by atoms with E-state index in [1.54, 1.807) is 19.0 Å². The van der Waals surface area contributed by atoms with Gasteiger partial charge in [-0.05, 0) is 24.3 Å². The van der Waals surface area contributed by atoms with Crippen molar-refractivity contribution < 1.29 is 9.53 Å². The zero-order valence-electron chi connectivity index (χ0n) is 17.0. The van der Waals surface area contributed by atoms with Gasteiger partial charge < -0.3 is 19.9 Å². The first-order valence-corrected chi connectivity index (χ1v) is 9.90. The van der Waals surface area contributed by atoms with E-state index in [0.717, 1.165) is 49.6 Å². The number of nitrogens with zero attached hydrogens (tertiary/aromatic N) is 3. The molecule has 1 amide bonds. The van der Waals surface area contributed by atoms with Crippen molar-refractivity contribution in [2.45, 2.75) is 39.2 Å². The summed E-state index contributed by atoms with van der Waals surface area (Å²) in [5.41, 5.74) is 1.47. The summed E-state index contributed by atoms with van der Waals surface area (Å²) < 4.78 is 5.79. The molecule has 0 saturated carbocycles. The van der Waals surface area contributed by atoms with Gasteiger partial charge in [-0.2, -0.15) is 0 Å². The molecule has 6 nitrogen and oxygen atoms in total. The number of benzene rings is 1. The maximum Gasteiger partial charge on any atom is 0.243 e. The highest BCUT2D eigenvalue weighted by Gasteiger charge is 2.35. The highest BCUT2D eigenvalue weighted by Crippen LogP contribution is 2.35. The molecule has 148 valence electrons. The molecule has 2 atom stereocenters. The van der Waals surface area contributed by atoms with E-state index in [-0.39, 0.29) is 18.5 Å². The van der Waals surface area contributed by atoms with Crippen LogP contribution in [-0.2, 0) is 4.79 Å². The minimum absolute atomic E-state index is 0.0131. The summed E-state index contributed by atoms with van der Waals surface area (Å²) in [7, 11) is 3.54. The Bertz CT molecular complexity index is 703. The van der Waals surface area contributed by atoms with Crippen molar-refractivity contribution in [1.29, 1.82) is 0 Å². The Morgan fingerprint density at radius 1 is 1.41 bits per heavy atom. The van der Waals surface area contributed by atoms with Gasteiger partial charge in [0.2, 0.25) is 5.91 Å². The van der Waals surface area contributed by atoms with Gasteiger partial charge in [-0.3, -0.25) is 4.79 Å². The molecule has 1 fully saturated rings. The van der Waals surface area contributed by atoms with Gasteiger partial charge in [0.15, 0.2) is 5.96 Å². The van der Waals surface area contributed by atoms with Gasteiger partial charge in [0.1, 0.15) is 12.3 Å². The number of likely N-dealkylation sites (N-methyl/N-ethyl adjacent to an activating group) is 1. The van der Waals surface area contributed by atoms with Crippen molar-refractivity contribution in [3.05, 3.63) is 29.8 Å². The Balaban J connectivity index is 1.80. The van der Waals surface area contributed by atoms with Crippen molar-refractivity contribution in [3.8, 4) is 5.75 Å². The number of fused-ring (bicyclic) bond motifs is 1. The molecule has 0 aromatic heterocycles. The first-order chi connectivity index (χ1) is 12.9. The predicted molar refractivity (Wildman–Crippen MR) is 108 cm³/mol. The molecule has 6 heteroatoms. The van der Waals surface area contributed by atoms with Gasteiger partial charge in [-0.15, -0.1) is 0 Å². The Labute approximate surface area is 162 Å². The Morgan fingerprint density at radius 2 is 2.19 bits per heavy atom. The van der Waals surface area contributed by atoms with Crippen molar-refractivity contribution in [3.63, 3.8) is 0 Å². The van der Waals surface area contributed by atoms with Crippen LogP contribution in [0.1, 0.15) is 44.7 Å². The van der Waals surface area contributed by atoms with Crippen LogP contribution in [-0.4, -0.2) is 62.0 Å². The summed E-state index contributed by atoms with van der Waals surface area (Å²) in [6, 6.07) is 8.31. The van der Waals surface area contributed by atoms with E-state index in [1.165, 1.54) is 0 Å². The standard InChI is InChI=1S/C21H32N4O2/c1-5-21(2)11-12-25(15-21)20(22-14-19(26)24(3)4)23-17-10-13-27-18-9-7-6-8-16(17)18/h6-9,17H,5,10-15H2,1-4H3,(H,22,23). The van der Waals surface area contributed by atoms with E-state index >= 15 is 0 Å². The Hall–Kier alpha value is -2.24. The molecule has 27 heavy (non-hydrogen) atoms. The molecule has 1 aromatic carbocycles. The summed E-state index contributed by atoms with van der Waals surface area (Å²) >= 11 is 0. The molecule has 2 aliphatic rings. The third kappa shape index (κ3) is 4.54. The highest BCUT2D eigenvalue weighted by molar-refractivity contribution is 5.85. The monoisotopic (exact) mass is 372 g/mol. The van der Waals surface area contributed by atoms with E-state index in [0.29, 0.717) is 12.0 Å². The molecule has 1 N–H and O–H groups in total. The number of ether oxygens (including phenoxy) is 1. The number of para-hydroxylation sites is 1. The average Bonchev–Trinajstić information content (AvgIpc) is 3.07. The number of rotatable bonds is 4. The van der Waals surface area contributed by atoms with Crippen LogP contribution in [0.2, 0.25) is 0 Å². The van der Waals surface area contributed by atoms with E-state index in [9.17, 15) is 4.79 Å². The third-order valence-corrected chi connectivity index (χ3v) is 5.84. The molecule has 1 aromatic rings. The summed E-state index contributed by atoms with van der Waals surface area (Å²) in [5, 5.41) is 3.64. The van der Waals surface area contributed by atoms with E-state index in [1.807, 2.05) is 18.2 Å². The normalized spacial score (nSPS) is 25.0. The van der Waals surface area contributed by atoms with Crippen LogP contribution < -0.4 is 10.1 Å². The minimum atomic E-state index is 0.0131. The first kappa shape index (κ1) is 19.5. The van der Waals surface area contributed by atoms with Gasteiger partial charge in [-0.1, -0.05) is 32.0 Å². The number of aliphatic imine (C=N–C) groups is 1. The van der Waals surface area contributed by atoms with Gasteiger partial charge in [0.25, 0.3) is 0 Å². The molecule has 0 spiro atoms. The molecule has 0 aliphatic carbocycles. The van der Waals surface area contributed by atoms with Crippen LogP contribution in [0.25, 0.3) is 0 Å². The van der Waals surface area contributed by atoms with Crippen LogP contribution in [0.3, 0.4) is 0 Å². The van der Waals surface area contributed by atoms with E-state index in [2.05, 4.69) is 30.1 Å². The van der Waals surface area contributed by atoms with Gasteiger partial charge in [0.05, 0.1) is 12.6 Å². The summed E-state index contributed by atoms with van der Waals surface area (Å²) in [6.45, 7) is 7.37. The second-order valence-electron chi connectivity index (χ2n) is 8.14. The second-order valence-corrected chi connectivity index (χ2v) is 8.14. The van der Waals surface area contributed by atoms with Crippen LogP contribution in [0.5, 0.6) is 5.75 Å². The SMILES string of the molecule is CCC1(C)CCN(C(=NCC(=O)N(C)C)NC2CCOc3ccccc32)C1. The molecule has 0 bridgehead atoms. The van der Waals surface area contributed by atoms with E-state index < -0.39 is 0 Å². The largest absolute Gasteiger partial charge is 0.493 e. The summed E-state index contributed by atoms with van der Waals surface area (Å²) in [5.74, 6) is 1.79. The fraction of sp³-hybridized carbons (Fsp3) is 0.619. The number of carbonyl (C=O) groups is 1. The quantitative estimate of drug-likeness (QED) is 0.652. The third-order valence-electron chi connectivity index (χ3n) is 5.84. The molecule has 1 saturated heterocycles. The lowest BCUT2D eigenvalue weighted by Crippen LogP contribution is -2.44. The van der Waals surface area contributed by atoms with E-state index in [4.69, 9.17) is 9.73 Å². The predicted octanol–water partition coefficient (Wildman–Crippen LogP) is 2.67. The highest BCUT2D eigenvalue weighted by atomic mass is 16.5. The smallest absolute Gasteiger partial charge is 0.243 e. The topological polar surface area (TPSA) is 57.2 Å². The van der Waals surface area contributed by atoms with Crippen LogP contribution in [0.4, 0.5) is 0 Å². The molecule has 2 unspecified atom stereocenters. The second kappa shape index (κ2) is 8.19. The zero-order valence-corrected chi connectivity index (χ0v) is 17.0. The lowest BCUT2D eigenvalue weighted by Gasteiger charge is -2.32. The fourth-order valence-corrected chi connectivity index (χ4v) is 3.66. The lowest BCUT2D eigenvalue weighted by molar-refractivity contribution is -0.127. The van der Waals surface area contributed by atoms with Crippen molar-refractivity contribution in [2.75, 3.05) is 40.3 Å². The fourth-order valence-electron chi connectivity index (χ4n) is 3.66. The number of likely N-dealkylation sites (tertiary alicyclic amines) is 1. The number of nitrogens with one attached hydrogen (secondary N) is 1. The average molecular weight is 373 g/mol. The van der Waals surface area contributed by atoms with Gasteiger partial charge in [-0.25, -0.2) is 4.99 Å². The van der Waals surface area contributed by atoms with Crippen molar-refractivity contribution in [1.82, 2.24) is 15.1 Å². The Kier molecular flexibility index (Phi) is 5.92. The number of hydrogen-bond acceptors (Lipinski definition) is 3. The van der Waals surface area contributed by atoms with Gasteiger partial charge >= 0.3 is 0 Å². The number of amides is 1. The zero-order chi connectivity index (χ0) is 19.4.